The molecule has 6 heteroatoms. The number of nitrogens with one attached hydrogen (secondary N) is 1. The van der Waals surface area contributed by atoms with E-state index in [0.717, 1.165) is 25.7 Å². The molecule has 0 bridgehead atoms. The fourth-order valence-corrected chi connectivity index (χ4v) is 4.12. The van der Waals surface area contributed by atoms with E-state index in [1.165, 1.54) is 4.90 Å². The number of fused-ring (bicyclic) bond motifs is 1. The molecule has 3 aliphatic rings. The summed E-state index contributed by atoms with van der Waals surface area (Å²) in [5.74, 6) is -0.586. The van der Waals surface area contributed by atoms with Crippen LogP contribution in [0.1, 0.15) is 32.1 Å². The van der Waals surface area contributed by atoms with Crippen LogP contribution in [-0.2, 0) is 14.4 Å². The maximum Gasteiger partial charge on any atom is 0.244 e. The van der Waals surface area contributed by atoms with Crippen molar-refractivity contribution in [2.24, 2.45) is 5.92 Å². The molecule has 0 unspecified atom stereocenters. The number of nitrogens with zero attached hydrogens (tertiary/aromatic N) is 2. The molecule has 1 aromatic carbocycles. The van der Waals surface area contributed by atoms with Gasteiger partial charge in [0.25, 0.3) is 0 Å². The molecule has 1 saturated carbocycles. The third-order valence-corrected chi connectivity index (χ3v) is 5.31. The van der Waals surface area contributed by atoms with Crippen LogP contribution >= 0.6 is 0 Å². The zero-order valence-electron chi connectivity index (χ0n) is 13.5. The van der Waals surface area contributed by atoms with Gasteiger partial charge in [0.15, 0.2) is 0 Å². The molecule has 1 atom stereocenters. The SMILES string of the molecule is O=C1CN(C(=O)[C@H]2CC(=O)N(C3CCCC3)C2)c2ccccc2N1. The first kappa shape index (κ1) is 15.2. The average molecular weight is 327 g/mol. The average Bonchev–Trinajstić information content (AvgIpc) is 3.22. The highest BCUT2D eigenvalue weighted by Gasteiger charge is 2.41. The summed E-state index contributed by atoms with van der Waals surface area (Å²) in [4.78, 5) is 40.7. The van der Waals surface area contributed by atoms with Crippen molar-refractivity contribution in [1.82, 2.24) is 4.90 Å². The molecule has 2 heterocycles. The van der Waals surface area contributed by atoms with E-state index in [1.807, 2.05) is 23.1 Å². The van der Waals surface area contributed by atoms with Crippen molar-refractivity contribution in [3.63, 3.8) is 0 Å². The zero-order chi connectivity index (χ0) is 16.7. The normalized spacial score (nSPS) is 24.2. The Morgan fingerprint density at radius 2 is 1.88 bits per heavy atom. The molecule has 4 rings (SSSR count). The van der Waals surface area contributed by atoms with Gasteiger partial charge in [-0.1, -0.05) is 25.0 Å². The van der Waals surface area contributed by atoms with Crippen LogP contribution < -0.4 is 10.2 Å². The van der Waals surface area contributed by atoms with Gasteiger partial charge < -0.3 is 15.1 Å². The molecule has 3 amide bonds. The van der Waals surface area contributed by atoms with E-state index in [2.05, 4.69) is 5.32 Å². The third kappa shape index (κ3) is 2.56. The molecule has 0 spiro atoms. The number of hydrogen-bond acceptors (Lipinski definition) is 3. The summed E-state index contributed by atoms with van der Waals surface area (Å²) in [5.41, 5.74) is 1.37. The van der Waals surface area contributed by atoms with Gasteiger partial charge in [-0.05, 0) is 25.0 Å². The van der Waals surface area contributed by atoms with Gasteiger partial charge in [-0.25, -0.2) is 0 Å². The second-order valence-corrected chi connectivity index (χ2v) is 6.88. The number of anilines is 2. The van der Waals surface area contributed by atoms with Gasteiger partial charge in [-0.2, -0.15) is 0 Å². The number of carbonyl (C=O) groups is 3. The summed E-state index contributed by atoms with van der Waals surface area (Å²) in [5, 5.41) is 2.79. The van der Waals surface area contributed by atoms with Crippen molar-refractivity contribution in [2.75, 3.05) is 23.3 Å². The Kier molecular flexibility index (Phi) is 3.75. The number of hydrogen-bond donors (Lipinski definition) is 1. The van der Waals surface area contributed by atoms with Crippen LogP contribution in [0.15, 0.2) is 24.3 Å². The van der Waals surface area contributed by atoms with Crippen LogP contribution in [0.4, 0.5) is 11.4 Å². The quantitative estimate of drug-likeness (QED) is 0.900. The fourth-order valence-electron chi connectivity index (χ4n) is 4.12. The molecule has 2 aliphatic heterocycles. The minimum Gasteiger partial charge on any atom is -0.339 e. The number of rotatable bonds is 2. The summed E-state index contributed by atoms with van der Waals surface area (Å²) in [6.07, 6.45) is 4.66. The molecule has 1 N–H and O–H groups in total. The van der Waals surface area contributed by atoms with Gasteiger partial charge in [0, 0.05) is 19.0 Å². The lowest BCUT2D eigenvalue weighted by Crippen LogP contribution is -2.45. The van der Waals surface area contributed by atoms with Gasteiger partial charge in [-0.3, -0.25) is 14.4 Å². The lowest BCUT2D eigenvalue weighted by atomic mass is 10.1. The molecule has 6 nitrogen and oxygen atoms in total. The van der Waals surface area contributed by atoms with Crippen molar-refractivity contribution >= 4 is 29.1 Å². The standard InChI is InChI=1S/C18H21N3O3/c22-16-11-21(15-8-4-3-7-14(15)19-16)18(24)12-9-17(23)20(10-12)13-5-1-2-6-13/h3-4,7-8,12-13H,1-2,5-6,9-11H2,(H,19,22)/t12-/m0/s1. The van der Waals surface area contributed by atoms with Crippen molar-refractivity contribution < 1.29 is 14.4 Å². The lowest BCUT2D eigenvalue weighted by Gasteiger charge is -2.31. The smallest absolute Gasteiger partial charge is 0.244 e. The maximum absolute atomic E-state index is 13.0. The Morgan fingerprint density at radius 3 is 2.67 bits per heavy atom. The Morgan fingerprint density at radius 1 is 1.12 bits per heavy atom. The molecular weight excluding hydrogens is 306 g/mol. The third-order valence-electron chi connectivity index (χ3n) is 5.31. The van der Waals surface area contributed by atoms with Crippen LogP contribution in [0.25, 0.3) is 0 Å². The van der Waals surface area contributed by atoms with Gasteiger partial charge in [0.05, 0.1) is 17.3 Å². The molecule has 2 fully saturated rings. The highest BCUT2D eigenvalue weighted by atomic mass is 16.2. The second-order valence-electron chi connectivity index (χ2n) is 6.88. The van der Waals surface area contributed by atoms with E-state index < -0.39 is 0 Å². The van der Waals surface area contributed by atoms with Gasteiger partial charge >= 0.3 is 0 Å². The topological polar surface area (TPSA) is 69.7 Å². The van der Waals surface area contributed by atoms with E-state index >= 15 is 0 Å². The highest BCUT2D eigenvalue weighted by molar-refractivity contribution is 6.11. The Hall–Kier alpha value is -2.37. The Bertz CT molecular complexity index is 697. The van der Waals surface area contributed by atoms with Gasteiger partial charge in [0.2, 0.25) is 17.7 Å². The number of carbonyl (C=O) groups excluding carboxylic acids is 3. The largest absolute Gasteiger partial charge is 0.339 e. The van der Waals surface area contributed by atoms with Crippen molar-refractivity contribution in [3.05, 3.63) is 24.3 Å². The molecule has 1 aromatic rings. The predicted octanol–water partition coefficient (Wildman–Crippen LogP) is 1.76. The van der Waals surface area contributed by atoms with Crippen LogP contribution in [0.5, 0.6) is 0 Å². The minimum absolute atomic E-state index is 0.0178. The first-order chi connectivity index (χ1) is 11.6. The second kappa shape index (κ2) is 5.92. The molecule has 24 heavy (non-hydrogen) atoms. The van der Waals surface area contributed by atoms with Gasteiger partial charge in [0.1, 0.15) is 6.54 Å². The Balaban J connectivity index is 1.54. The zero-order valence-corrected chi connectivity index (χ0v) is 13.5. The molecular formula is C18H21N3O3. The molecule has 1 aliphatic carbocycles. The monoisotopic (exact) mass is 327 g/mol. The van der Waals surface area contributed by atoms with E-state index in [0.29, 0.717) is 24.0 Å². The molecule has 126 valence electrons. The number of para-hydroxylation sites is 2. The summed E-state index contributed by atoms with van der Waals surface area (Å²) in [6.45, 7) is 0.507. The summed E-state index contributed by atoms with van der Waals surface area (Å²) in [6, 6.07) is 7.59. The van der Waals surface area contributed by atoms with E-state index in [9.17, 15) is 14.4 Å². The van der Waals surface area contributed by atoms with E-state index in [4.69, 9.17) is 0 Å². The predicted molar refractivity (Wildman–Crippen MR) is 89.5 cm³/mol. The summed E-state index contributed by atoms with van der Waals surface area (Å²) >= 11 is 0. The summed E-state index contributed by atoms with van der Waals surface area (Å²) in [7, 11) is 0. The number of amides is 3. The Labute approximate surface area is 140 Å². The van der Waals surface area contributed by atoms with E-state index in [-0.39, 0.29) is 36.6 Å². The number of likely N-dealkylation sites (tertiary alicyclic amines) is 1. The highest BCUT2D eigenvalue weighted by Crippen LogP contribution is 2.34. The fraction of sp³-hybridized carbons (Fsp3) is 0.500. The molecule has 0 aromatic heterocycles. The van der Waals surface area contributed by atoms with Crippen molar-refractivity contribution in [3.8, 4) is 0 Å². The number of benzene rings is 1. The minimum atomic E-state index is -0.350. The van der Waals surface area contributed by atoms with Crippen LogP contribution in [-0.4, -0.2) is 41.8 Å². The lowest BCUT2D eigenvalue weighted by molar-refractivity contribution is -0.130. The van der Waals surface area contributed by atoms with Crippen LogP contribution in [0.3, 0.4) is 0 Å². The molecule has 1 saturated heterocycles. The molecule has 0 radical (unpaired) electrons. The first-order valence-corrected chi connectivity index (χ1v) is 8.63. The van der Waals surface area contributed by atoms with Gasteiger partial charge in [-0.15, -0.1) is 0 Å². The van der Waals surface area contributed by atoms with E-state index in [1.54, 1.807) is 6.07 Å². The maximum atomic E-state index is 13.0. The van der Waals surface area contributed by atoms with Crippen LogP contribution in [0.2, 0.25) is 0 Å². The first-order valence-electron chi connectivity index (χ1n) is 8.63. The summed E-state index contributed by atoms with van der Waals surface area (Å²) < 4.78 is 0. The van der Waals surface area contributed by atoms with Crippen molar-refractivity contribution in [2.45, 2.75) is 38.1 Å². The van der Waals surface area contributed by atoms with Crippen molar-refractivity contribution in [1.29, 1.82) is 0 Å². The van der Waals surface area contributed by atoms with Crippen LogP contribution in [0, 0.1) is 5.92 Å².